The summed E-state index contributed by atoms with van der Waals surface area (Å²) < 4.78 is 1.99. The third kappa shape index (κ3) is 4.33. The number of carbonyl (C=O) groups is 2. The van der Waals surface area contributed by atoms with E-state index >= 15 is 0 Å². The fourth-order valence-corrected chi connectivity index (χ4v) is 3.23. The molecule has 1 N–H and O–H groups in total. The number of thioether (sulfide) groups is 1. The van der Waals surface area contributed by atoms with Gasteiger partial charge in [-0.1, -0.05) is 32.5 Å². The Kier molecular flexibility index (Phi) is 5.18. The van der Waals surface area contributed by atoms with Crippen molar-refractivity contribution in [2.75, 3.05) is 11.1 Å². The number of benzene rings is 1. The fourth-order valence-electron chi connectivity index (χ4n) is 2.42. The Morgan fingerprint density at radius 1 is 1.19 bits per heavy atom. The molecule has 1 aromatic carbocycles. The molecule has 0 bridgehead atoms. The maximum Gasteiger partial charge on any atom is 0.229 e. The third-order valence-electron chi connectivity index (χ3n) is 4.29. The van der Waals surface area contributed by atoms with E-state index in [4.69, 9.17) is 0 Å². The number of nitrogens with one attached hydrogen (secondary N) is 1. The number of carbonyl (C=O) groups excluding carboxylic acids is 2. The van der Waals surface area contributed by atoms with E-state index in [0.29, 0.717) is 22.9 Å². The molecule has 1 amide bonds. The van der Waals surface area contributed by atoms with Gasteiger partial charge in [0.1, 0.15) is 5.82 Å². The predicted molar refractivity (Wildman–Crippen MR) is 103 cm³/mol. The number of aromatic nitrogens is 3. The lowest BCUT2D eigenvalue weighted by molar-refractivity contribution is -0.123. The second-order valence-corrected chi connectivity index (χ2v) is 8.61. The minimum atomic E-state index is -0.458. The zero-order valence-electron chi connectivity index (χ0n) is 15.6. The molecule has 7 heteroatoms. The van der Waals surface area contributed by atoms with Crippen LogP contribution in [0.2, 0.25) is 0 Å². The standard InChI is InChI=1S/C19H24N4O2S/c1-19(2,3)17(25)20-14-9-7-12(8-10-14)15(24)11-26-18-22-21-16(23(18)4)13-5-6-13/h7-10,13H,5-6,11H2,1-4H3,(H,20,25). The number of hydrogen-bond acceptors (Lipinski definition) is 5. The molecule has 138 valence electrons. The lowest BCUT2D eigenvalue weighted by Crippen LogP contribution is -2.27. The molecule has 6 nitrogen and oxygen atoms in total. The SMILES string of the molecule is Cn1c(SCC(=O)c2ccc(NC(=O)C(C)(C)C)cc2)nnc1C1CC1. The van der Waals surface area contributed by atoms with Crippen LogP contribution in [0.15, 0.2) is 29.4 Å². The summed E-state index contributed by atoms with van der Waals surface area (Å²) in [6.45, 7) is 5.58. The highest BCUT2D eigenvalue weighted by Gasteiger charge is 2.29. The molecule has 1 aromatic heterocycles. The van der Waals surface area contributed by atoms with E-state index in [0.717, 1.165) is 11.0 Å². The Labute approximate surface area is 157 Å². The molecule has 0 atom stereocenters. The highest BCUT2D eigenvalue weighted by molar-refractivity contribution is 7.99. The van der Waals surface area contributed by atoms with Crippen molar-refractivity contribution in [1.82, 2.24) is 14.8 Å². The molecule has 1 heterocycles. The Balaban J connectivity index is 1.57. The first kappa shape index (κ1) is 18.6. The van der Waals surface area contributed by atoms with Crippen LogP contribution < -0.4 is 5.32 Å². The van der Waals surface area contributed by atoms with Crippen molar-refractivity contribution in [1.29, 1.82) is 0 Å². The Morgan fingerprint density at radius 3 is 2.42 bits per heavy atom. The van der Waals surface area contributed by atoms with Crippen molar-refractivity contribution < 1.29 is 9.59 Å². The smallest absolute Gasteiger partial charge is 0.229 e. The number of nitrogens with zero attached hydrogens (tertiary/aromatic N) is 3. The van der Waals surface area contributed by atoms with E-state index in [1.165, 1.54) is 24.6 Å². The van der Waals surface area contributed by atoms with Gasteiger partial charge < -0.3 is 9.88 Å². The van der Waals surface area contributed by atoms with Crippen LogP contribution in [0.25, 0.3) is 0 Å². The summed E-state index contributed by atoms with van der Waals surface area (Å²) >= 11 is 1.40. The number of rotatable bonds is 6. The first-order valence-corrected chi connectivity index (χ1v) is 9.71. The highest BCUT2D eigenvalue weighted by Crippen LogP contribution is 2.39. The second-order valence-electron chi connectivity index (χ2n) is 7.67. The largest absolute Gasteiger partial charge is 0.326 e. The molecule has 1 aliphatic carbocycles. The van der Waals surface area contributed by atoms with Crippen molar-refractivity contribution in [3.63, 3.8) is 0 Å². The predicted octanol–water partition coefficient (Wildman–Crippen LogP) is 3.65. The van der Waals surface area contributed by atoms with E-state index in [2.05, 4.69) is 15.5 Å². The van der Waals surface area contributed by atoms with Gasteiger partial charge in [0.15, 0.2) is 10.9 Å². The fraction of sp³-hybridized carbons (Fsp3) is 0.474. The summed E-state index contributed by atoms with van der Waals surface area (Å²) in [4.78, 5) is 24.4. The van der Waals surface area contributed by atoms with E-state index in [1.54, 1.807) is 24.3 Å². The van der Waals surface area contributed by atoms with Crippen LogP contribution in [0.5, 0.6) is 0 Å². The molecule has 2 aromatic rings. The quantitative estimate of drug-likeness (QED) is 0.619. The zero-order chi connectivity index (χ0) is 18.9. The molecule has 1 fully saturated rings. The number of anilines is 1. The van der Waals surface area contributed by atoms with Gasteiger partial charge in [0.2, 0.25) is 5.91 Å². The maximum absolute atomic E-state index is 12.4. The molecule has 0 aliphatic heterocycles. The molecule has 1 aliphatic rings. The first-order chi connectivity index (χ1) is 12.3. The summed E-state index contributed by atoms with van der Waals surface area (Å²) in [6.07, 6.45) is 2.35. The van der Waals surface area contributed by atoms with E-state index < -0.39 is 5.41 Å². The van der Waals surface area contributed by atoms with Crippen LogP contribution in [-0.2, 0) is 11.8 Å². The van der Waals surface area contributed by atoms with Gasteiger partial charge in [-0.05, 0) is 37.1 Å². The Bertz CT molecular complexity index is 817. The number of ketones is 1. The second kappa shape index (κ2) is 7.23. The first-order valence-electron chi connectivity index (χ1n) is 8.72. The van der Waals surface area contributed by atoms with E-state index in [-0.39, 0.29) is 11.7 Å². The topological polar surface area (TPSA) is 76.9 Å². The van der Waals surface area contributed by atoms with Crippen molar-refractivity contribution in [2.24, 2.45) is 12.5 Å². The van der Waals surface area contributed by atoms with Crippen LogP contribution in [0.1, 0.15) is 55.7 Å². The van der Waals surface area contributed by atoms with Gasteiger partial charge in [0, 0.05) is 29.6 Å². The molecular weight excluding hydrogens is 348 g/mol. The van der Waals surface area contributed by atoms with Crippen molar-refractivity contribution in [2.45, 2.75) is 44.7 Å². The molecule has 0 spiro atoms. The molecule has 1 saturated carbocycles. The summed E-state index contributed by atoms with van der Waals surface area (Å²) in [5.41, 5.74) is 0.855. The summed E-state index contributed by atoms with van der Waals surface area (Å²) in [5.74, 6) is 1.83. The molecule has 3 rings (SSSR count). The molecule has 0 radical (unpaired) electrons. The molecular formula is C19H24N4O2S. The normalized spacial score (nSPS) is 14.3. The summed E-state index contributed by atoms with van der Waals surface area (Å²) in [7, 11) is 1.95. The lowest BCUT2D eigenvalue weighted by atomic mass is 9.95. The van der Waals surface area contributed by atoms with Crippen LogP contribution in [0, 0.1) is 5.41 Å². The maximum atomic E-state index is 12.4. The summed E-state index contributed by atoms with van der Waals surface area (Å²) in [5, 5.41) is 12.0. The van der Waals surface area contributed by atoms with Crippen LogP contribution in [0.4, 0.5) is 5.69 Å². The third-order valence-corrected chi connectivity index (χ3v) is 5.31. The van der Waals surface area contributed by atoms with Crippen LogP contribution in [-0.4, -0.2) is 32.2 Å². The van der Waals surface area contributed by atoms with E-state index in [9.17, 15) is 9.59 Å². The Morgan fingerprint density at radius 2 is 1.85 bits per heavy atom. The van der Waals surface area contributed by atoms with Gasteiger partial charge >= 0.3 is 0 Å². The minimum absolute atomic E-state index is 0.0275. The average molecular weight is 372 g/mol. The lowest BCUT2D eigenvalue weighted by Gasteiger charge is -2.17. The van der Waals surface area contributed by atoms with Gasteiger partial charge in [-0.2, -0.15) is 0 Å². The van der Waals surface area contributed by atoms with Crippen molar-refractivity contribution >= 4 is 29.1 Å². The highest BCUT2D eigenvalue weighted by atomic mass is 32.2. The van der Waals surface area contributed by atoms with Crippen molar-refractivity contribution in [3.8, 4) is 0 Å². The minimum Gasteiger partial charge on any atom is -0.326 e. The summed E-state index contributed by atoms with van der Waals surface area (Å²) in [6, 6.07) is 7.01. The van der Waals surface area contributed by atoms with Crippen LogP contribution >= 0.6 is 11.8 Å². The molecule has 0 unspecified atom stereocenters. The number of amides is 1. The molecule has 0 saturated heterocycles. The molecule has 26 heavy (non-hydrogen) atoms. The van der Waals surface area contributed by atoms with Gasteiger partial charge in [0.05, 0.1) is 5.75 Å². The van der Waals surface area contributed by atoms with Gasteiger partial charge in [-0.3, -0.25) is 9.59 Å². The van der Waals surface area contributed by atoms with Gasteiger partial charge in [-0.15, -0.1) is 10.2 Å². The van der Waals surface area contributed by atoms with Gasteiger partial charge in [-0.25, -0.2) is 0 Å². The zero-order valence-corrected chi connectivity index (χ0v) is 16.4. The van der Waals surface area contributed by atoms with Crippen LogP contribution in [0.3, 0.4) is 0 Å². The van der Waals surface area contributed by atoms with Gasteiger partial charge in [0.25, 0.3) is 0 Å². The monoisotopic (exact) mass is 372 g/mol. The van der Waals surface area contributed by atoms with Crippen molar-refractivity contribution in [3.05, 3.63) is 35.7 Å². The Hall–Kier alpha value is -2.15. The number of hydrogen-bond donors (Lipinski definition) is 1. The number of Topliss-reactive ketones (excluding diaryl/α,β-unsaturated/α-hetero) is 1. The van der Waals surface area contributed by atoms with E-state index in [1.807, 2.05) is 32.4 Å². The average Bonchev–Trinajstić information content (AvgIpc) is 3.36.